The molecular weight excluding hydrogens is 210 g/mol. The maximum absolute atomic E-state index is 5.49. The van der Waals surface area contributed by atoms with Crippen molar-refractivity contribution in [2.24, 2.45) is 5.73 Å². The molecule has 3 nitrogen and oxygen atoms in total. The summed E-state index contributed by atoms with van der Waals surface area (Å²) in [6.07, 6.45) is 2.34. The van der Waals surface area contributed by atoms with E-state index < -0.39 is 0 Å². The Bertz CT molecular complexity index is 313. The van der Waals surface area contributed by atoms with Crippen molar-refractivity contribution in [2.45, 2.75) is 25.4 Å². The number of rotatable bonds is 6. The fraction of sp³-hybridized carbons (Fsp3) is 0.571. The topological polar surface area (TPSA) is 41.3 Å². The number of benzene rings is 1. The van der Waals surface area contributed by atoms with Crippen LogP contribution in [0.15, 0.2) is 30.3 Å². The van der Waals surface area contributed by atoms with Gasteiger partial charge in [-0.25, -0.2) is 0 Å². The molecule has 0 unspecified atom stereocenters. The molecular formula is C14H23N3. The summed E-state index contributed by atoms with van der Waals surface area (Å²) >= 11 is 0. The summed E-state index contributed by atoms with van der Waals surface area (Å²) < 4.78 is 0. The summed E-state index contributed by atoms with van der Waals surface area (Å²) in [5.74, 6) is 0. The second kappa shape index (κ2) is 6.74. The van der Waals surface area contributed by atoms with Crippen LogP contribution in [0.2, 0.25) is 0 Å². The van der Waals surface area contributed by atoms with Crippen LogP contribution in [0.25, 0.3) is 0 Å². The Kier molecular flexibility index (Phi) is 4.98. The van der Waals surface area contributed by atoms with Crippen LogP contribution in [-0.2, 0) is 6.54 Å². The lowest BCUT2D eigenvalue weighted by Gasteiger charge is -2.16. The Balaban J connectivity index is 1.71. The summed E-state index contributed by atoms with van der Waals surface area (Å²) in [5, 5.41) is 3.58. The Morgan fingerprint density at radius 2 is 2.12 bits per heavy atom. The maximum Gasteiger partial charge on any atom is 0.0234 e. The largest absolute Gasteiger partial charge is 0.330 e. The SMILES string of the molecule is NCCCN[C@H]1CCN(Cc2ccccc2)C1. The predicted molar refractivity (Wildman–Crippen MR) is 71.8 cm³/mol. The van der Waals surface area contributed by atoms with Crippen LogP contribution in [-0.4, -0.2) is 37.1 Å². The first-order chi connectivity index (χ1) is 8.38. The molecule has 2 rings (SSSR count). The molecule has 1 aliphatic rings. The summed E-state index contributed by atoms with van der Waals surface area (Å²) in [5.41, 5.74) is 6.90. The van der Waals surface area contributed by atoms with Crippen molar-refractivity contribution in [3.63, 3.8) is 0 Å². The molecule has 1 aliphatic heterocycles. The van der Waals surface area contributed by atoms with Crippen molar-refractivity contribution in [2.75, 3.05) is 26.2 Å². The highest BCUT2D eigenvalue weighted by atomic mass is 15.2. The molecule has 1 saturated heterocycles. The van der Waals surface area contributed by atoms with Gasteiger partial charge in [0.1, 0.15) is 0 Å². The molecule has 0 aromatic heterocycles. The highest BCUT2D eigenvalue weighted by Crippen LogP contribution is 2.13. The molecule has 17 heavy (non-hydrogen) atoms. The summed E-state index contributed by atoms with van der Waals surface area (Å²) in [6, 6.07) is 11.4. The highest BCUT2D eigenvalue weighted by Gasteiger charge is 2.21. The van der Waals surface area contributed by atoms with E-state index in [4.69, 9.17) is 5.73 Å². The van der Waals surface area contributed by atoms with E-state index in [0.717, 1.165) is 26.1 Å². The molecule has 1 atom stereocenters. The normalized spacial score (nSPS) is 20.9. The van der Waals surface area contributed by atoms with Crippen LogP contribution in [0.1, 0.15) is 18.4 Å². The molecule has 3 N–H and O–H groups in total. The van der Waals surface area contributed by atoms with Crippen LogP contribution >= 0.6 is 0 Å². The monoisotopic (exact) mass is 233 g/mol. The van der Waals surface area contributed by atoms with Gasteiger partial charge in [-0.3, -0.25) is 4.90 Å². The maximum atomic E-state index is 5.49. The van der Waals surface area contributed by atoms with Crippen LogP contribution < -0.4 is 11.1 Å². The number of hydrogen-bond donors (Lipinski definition) is 2. The standard InChI is InChI=1S/C14H23N3/c15-8-4-9-16-14-7-10-17(12-14)11-13-5-2-1-3-6-13/h1-3,5-6,14,16H,4,7-12,15H2/t14-/m0/s1. The van der Waals surface area contributed by atoms with E-state index in [0.29, 0.717) is 6.04 Å². The fourth-order valence-electron chi connectivity index (χ4n) is 2.39. The number of likely N-dealkylation sites (tertiary alicyclic amines) is 1. The highest BCUT2D eigenvalue weighted by molar-refractivity contribution is 5.14. The third-order valence-electron chi connectivity index (χ3n) is 3.34. The van der Waals surface area contributed by atoms with E-state index in [1.807, 2.05) is 0 Å². The van der Waals surface area contributed by atoms with Crippen LogP contribution in [0.3, 0.4) is 0 Å². The van der Waals surface area contributed by atoms with Crippen molar-refractivity contribution >= 4 is 0 Å². The predicted octanol–water partition coefficient (Wildman–Crippen LogP) is 1.20. The average Bonchev–Trinajstić information content (AvgIpc) is 2.79. The molecule has 0 saturated carbocycles. The lowest BCUT2D eigenvalue weighted by atomic mass is 10.2. The zero-order valence-corrected chi connectivity index (χ0v) is 10.4. The van der Waals surface area contributed by atoms with Gasteiger partial charge < -0.3 is 11.1 Å². The first kappa shape index (κ1) is 12.6. The summed E-state index contributed by atoms with van der Waals surface area (Å²) in [6.45, 7) is 5.29. The van der Waals surface area contributed by atoms with E-state index >= 15 is 0 Å². The Morgan fingerprint density at radius 1 is 1.29 bits per heavy atom. The average molecular weight is 233 g/mol. The number of nitrogens with zero attached hydrogens (tertiary/aromatic N) is 1. The quantitative estimate of drug-likeness (QED) is 0.725. The smallest absolute Gasteiger partial charge is 0.0234 e. The third kappa shape index (κ3) is 4.11. The van der Waals surface area contributed by atoms with Gasteiger partial charge in [-0.15, -0.1) is 0 Å². The van der Waals surface area contributed by atoms with E-state index in [2.05, 4.69) is 40.5 Å². The van der Waals surface area contributed by atoms with Crippen LogP contribution in [0.5, 0.6) is 0 Å². The molecule has 0 spiro atoms. The van der Waals surface area contributed by atoms with Crippen LogP contribution in [0.4, 0.5) is 0 Å². The first-order valence-corrected chi connectivity index (χ1v) is 6.58. The molecule has 94 valence electrons. The van der Waals surface area contributed by atoms with Gasteiger partial charge in [0.2, 0.25) is 0 Å². The van der Waals surface area contributed by atoms with Gasteiger partial charge in [0.05, 0.1) is 0 Å². The van der Waals surface area contributed by atoms with E-state index in [9.17, 15) is 0 Å². The van der Waals surface area contributed by atoms with E-state index in [1.165, 1.54) is 25.1 Å². The van der Waals surface area contributed by atoms with Crippen molar-refractivity contribution in [3.8, 4) is 0 Å². The van der Waals surface area contributed by atoms with Gasteiger partial charge in [0.25, 0.3) is 0 Å². The first-order valence-electron chi connectivity index (χ1n) is 6.58. The molecule has 1 aromatic carbocycles. The van der Waals surface area contributed by atoms with Gasteiger partial charge in [-0.2, -0.15) is 0 Å². The van der Waals surface area contributed by atoms with E-state index in [1.54, 1.807) is 0 Å². The minimum Gasteiger partial charge on any atom is -0.330 e. The number of hydrogen-bond acceptors (Lipinski definition) is 3. The fourth-order valence-corrected chi connectivity index (χ4v) is 2.39. The molecule has 0 radical (unpaired) electrons. The summed E-state index contributed by atoms with van der Waals surface area (Å²) in [7, 11) is 0. The Morgan fingerprint density at radius 3 is 2.88 bits per heavy atom. The van der Waals surface area contributed by atoms with Crippen molar-refractivity contribution in [3.05, 3.63) is 35.9 Å². The molecule has 3 heteroatoms. The molecule has 0 amide bonds. The van der Waals surface area contributed by atoms with Gasteiger partial charge in [-0.1, -0.05) is 30.3 Å². The van der Waals surface area contributed by atoms with Crippen molar-refractivity contribution in [1.82, 2.24) is 10.2 Å². The van der Waals surface area contributed by atoms with Crippen LogP contribution in [0, 0.1) is 0 Å². The van der Waals surface area contributed by atoms with E-state index in [-0.39, 0.29) is 0 Å². The van der Waals surface area contributed by atoms with Gasteiger partial charge in [-0.05, 0) is 31.5 Å². The second-order valence-electron chi connectivity index (χ2n) is 4.80. The zero-order chi connectivity index (χ0) is 11.9. The third-order valence-corrected chi connectivity index (χ3v) is 3.34. The zero-order valence-electron chi connectivity index (χ0n) is 10.4. The van der Waals surface area contributed by atoms with Crippen molar-refractivity contribution in [1.29, 1.82) is 0 Å². The van der Waals surface area contributed by atoms with Crippen molar-refractivity contribution < 1.29 is 0 Å². The molecule has 0 aliphatic carbocycles. The van der Waals surface area contributed by atoms with Gasteiger partial charge in [0, 0.05) is 25.7 Å². The Hall–Kier alpha value is -0.900. The molecule has 1 heterocycles. The second-order valence-corrected chi connectivity index (χ2v) is 4.80. The molecule has 0 bridgehead atoms. The minimum absolute atomic E-state index is 0.658. The number of nitrogens with one attached hydrogen (secondary N) is 1. The lowest BCUT2D eigenvalue weighted by Crippen LogP contribution is -2.33. The van der Waals surface area contributed by atoms with Gasteiger partial charge in [0.15, 0.2) is 0 Å². The molecule has 1 aromatic rings. The minimum atomic E-state index is 0.658. The number of nitrogens with two attached hydrogens (primary N) is 1. The Labute approximate surface area is 104 Å². The lowest BCUT2D eigenvalue weighted by molar-refractivity contribution is 0.320. The van der Waals surface area contributed by atoms with Gasteiger partial charge >= 0.3 is 0 Å². The summed E-state index contributed by atoms with van der Waals surface area (Å²) in [4.78, 5) is 2.52. The molecule has 1 fully saturated rings.